The molecule has 0 bridgehead atoms. The zero-order valence-electron chi connectivity index (χ0n) is 18.9. The summed E-state index contributed by atoms with van der Waals surface area (Å²) in [5.41, 5.74) is 0.457. The summed E-state index contributed by atoms with van der Waals surface area (Å²) in [5.74, 6) is 0.0173. The first-order valence-electron chi connectivity index (χ1n) is 9.98. The molecule has 1 amide bonds. The number of anilines is 1. The maximum Gasteiger partial charge on any atom is 0.259 e. The molecule has 33 heavy (non-hydrogen) atoms. The van der Waals surface area contributed by atoms with Crippen LogP contribution in [0.4, 0.5) is 11.4 Å². The van der Waals surface area contributed by atoms with E-state index in [4.69, 9.17) is 42.1 Å². The van der Waals surface area contributed by atoms with Crippen LogP contribution < -0.4 is 24.3 Å². The van der Waals surface area contributed by atoms with Gasteiger partial charge in [0.15, 0.2) is 5.78 Å². The molecule has 0 saturated carbocycles. The number of ether oxygens (including phenoxy) is 4. The number of Topliss-reactive ketones (excluding diaryl/α,β-unsaturated/α-hetero) is 1. The highest BCUT2D eigenvalue weighted by molar-refractivity contribution is 6.32. The first-order chi connectivity index (χ1) is 15.7. The molecule has 0 aromatic heterocycles. The lowest BCUT2D eigenvalue weighted by Gasteiger charge is -2.18. The largest absolute Gasteiger partial charge is 0.495 e. The number of halogens is 2. The van der Waals surface area contributed by atoms with Crippen molar-refractivity contribution in [3.8, 4) is 23.0 Å². The number of nitrogens with zero attached hydrogens (tertiary/aromatic N) is 2. The van der Waals surface area contributed by atoms with Gasteiger partial charge in [-0.05, 0) is 26.8 Å². The minimum atomic E-state index is -1.45. The minimum Gasteiger partial charge on any atom is -0.495 e. The Hall–Kier alpha value is -3.04. The maximum absolute atomic E-state index is 13.0. The van der Waals surface area contributed by atoms with Crippen molar-refractivity contribution in [1.29, 1.82) is 0 Å². The zero-order chi connectivity index (χ0) is 24.5. The number of carbonyl (C=O) groups is 2. The van der Waals surface area contributed by atoms with E-state index in [1.165, 1.54) is 45.4 Å². The van der Waals surface area contributed by atoms with Crippen LogP contribution in [0.3, 0.4) is 0 Å². The molecule has 2 aromatic carbocycles. The molecule has 0 fully saturated rings. The number of benzene rings is 2. The van der Waals surface area contributed by atoms with Gasteiger partial charge in [-0.2, -0.15) is 10.2 Å². The highest BCUT2D eigenvalue weighted by Crippen LogP contribution is 2.39. The second kappa shape index (κ2) is 12.3. The first kappa shape index (κ1) is 26.2. The van der Waals surface area contributed by atoms with Crippen LogP contribution in [0.2, 0.25) is 10.0 Å². The van der Waals surface area contributed by atoms with Crippen molar-refractivity contribution in [2.45, 2.75) is 26.8 Å². The van der Waals surface area contributed by atoms with E-state index < -0.39 is 17.7 Å². The van der Waals surface area contributed by atoms with Crippen LogP contribution >= 0.6 is 23.2 Å². The molecular formula is C22H25Cl2N3O6. The molecule has 0 heterocycles. The lowest BCUT2D eigenvalue weighted by atomic mass is 10.2. The van der Waals surface area contributed by atoms with Crippen molar-refractivity contribution in [3.05, 3.63) is 34.3 Å². The molecule has 1 N–H and O–H groups in total. The second-order valence-corrected chi connectivity index (χ2v) is 7.36. The van der Waals surface area contributed by atoms with E-state index in [9.17, 15) is 9.59 Å². The summed E-state index contributed by atoms with van der Waals surface area (Å²) < 4.78 is 21.6. The van der Waals surface area contributed by atoms with E-state index in [2.05, 4.69) is 15.5 Å². The summed E-state index contributed by atoms with van der Waals surface area (Å²) in [4.78, 5) is 25.2. The summed E-state index contributed by atoms with van der Waals surface area (Å²) in [6.07, 6.45) is 0. The van der Waals surface area contributed by atoms with Crippen molar-refractivity contribution in [2.75, 3.05) is 32.8 Å². The average Bonchev–Trinajstić information content (AvgIpc) is 2.76. The van der Waals surface area contributed by atoms with Gasteiger partial charge in [0.2, 0.25) is 6.04 Å². The predicted molar refractivity (Wildman–Crippen MR) is 126 cm³/mol. The molecule has 0 radical (unpaired) electrons. The van der Waals surface area contributed by atoms with Crippen LogP contribution in [0.5, 0.6) is 23.0 Å². The summed E-state index contributed by atoms with van der Waals surface area (Å²) in [7, 11) is 2.89. The van der Waals surface area contributed by atoms with Crippen molar-refractivity contribution in [1.82, 2.24) is 0 Å². The van der Waals surface area contributed by atoms with Crippen molar-refractivity contribution < 1.29 is 28.5 Å². The van der Waals surface area contributed by atoms with Gasteiger partial charge in [0.25, 0.3) is 5.91 Å². The van der Waals surface area contributed by atoms with Gasteiger partial charge in [-0.3, -0.25) is 9.59 Å². The molecule has 1 atom stereocenters. The Morgan fingerprint density at radius 2 is 1.52 bits per heavy atom. The molecule has 0 aliphatic heterocycles. The van der Waals surface area contributed by atoms with Crippen LogP contribution in [-0.4, -0.2) is 45.2 Å². The molecule has 11 heteroatoms. The molecule has 2 rings (SSSR count). The van der Waals surface area contributed by atoms with Gasteiger partial charge in [-0.25, -0.2) is 0 Å². The number of azo groups is 1. The Labute approximate surface area is 202 Å². The molecule has 0 aliphatic carbocycles. The summed E-state index contributed by atoms with van der Waals surface area (Å²) >= 11 is 12.3. The number of nitrogens with one attached hydrogen (secondary N) is 1. The van der Waals surface area contributed by atoms with Crippen LogP contribution in [0, 0.1) is 0 Å². The third-order valence-corrected chi connectivity index (χ3v) is 4.76. The molecule has 2 aromatic rings. The van der Waals surface area contributed by atoms with Crippen LogP contribution in [0.15, 0.2) is 34.5 Å². The molecule has 9 nitrogen and oxygen atoms in total. The van der Waals surface area contributed by atoms with E-state index in [0.717, 1.165) is 0 Å². The topological polar surface area (TPSA) is 108 Å². The number of hydrogen-bond acceptors (Lipinski definition) is 8. The van der Waals surface area contributed by atoms with Gasteiger partial charge < -0.3 is 24.3 Å². The molecule has 1 unspecified atom stereocenters. The highest BCUT2D eigenvalue weighted by atomic mass is 35.5. The first-order valence-corrected chi connectivity index (χ1v) is 10.7. The molecule has 0 spiro atoms. The fourth-order valence-electron chi connectivity index (χ4n) is 2.77. The number of carbonyl (C=O) groups excluding carboxylic acids is 2. The third kappa shape index (κ3) is 6.72. The van der Waals surface area contributed by atoms with E-state index in [0.29, 0.717) is 41.2 Å². The Morgan fingerprint density at radius 1 is 0.939 bits per heavy atom. The number of methoxy groups -OCH3 is 2. The summed E-state index contributed by atoms with van der Waals surface area (Å²) in [6.45, 7) is 5.45. The minimum absolute atomic E-state index is 0.221. The highest BCUT2D eigenvalue weighted by Gasteiger charge is 2.26. The lowest BCUT2D eigenvalue weighted by Crippen LogP contribution is -2.32. The van der Waals surface area contributed by atoms with Gasteiger partial charge in [0.05, 0.1) is 32.5 Å². The van der Waals surface area contributed by atoms with Gasteiger partial charge in [0.1, 0.15) is 34.4 Å². The standard InChI is InChI=1S/C22H25Cl2N3O6/c1-6-32-18-8-13(23)9-19(33-7-2)21(18)25-22(29)20(12(3)28)27-26-15-10-14(24)16(30-4)11-17(15)31-5/h8-11,20H,6-7H2,1-5H3,(H,25,29). The monoisotopic (exact) mass is 497 g/mol. The Kier molecular flexibility index (Phi) is 9.74. The van der Waals surface area contributed by atoms with E-state index in [1.54, 1.807) is 13.8 Å². The van der Waals surface area contributed by atoms with E-state index in [-0.39, 0.29) is 16.4 Å². The fraction of sp³-hybridized carbons (Fsp3) is 0.364. The number of ketones is 1. The van der Waals surface area contributed by atoms with Crippen LogP contribution in [0.1, 0.15) is 20.8 Å². The Morgan fingerprint density at radius 3 is 2.00 bits per heavy atom. The summed E-state index contributed by atoms with van der Waals surface area (Å²) in [5, 5.41) is 11.2. The van der Waals surface area contributed by atoms with Gasteiger partial charge >= 0.3 is 0 Å². The number of amides is 1. The van der Waals surface area contributed by atoms with Crippen molar-refractivity contribution >= 4 is 46.3 Å². The van der Waals surface area contributed by atoms with E-state index >= 15 is 0 Å². The quantitative estimate of drug-likeness (QED) is 0.324. The Balaban J connectivity index is 2.40. The number of rotatable bonds is 11. The normalized spacial score (nSPS) is 11.7. The van der Waals surface area contributed by atoms with E-state index in [1.807, 2.05) is 0 Å². The smallest absolute Gasteiger partial charge is 0.259 e. The average molecular weight is 498 g/mol. The van der Waals surface area contributed by atoms with Crippen LogP contribution in [0.25, 0.3) is 0 Å². The molecule has 0 saturated heterocycles. The predicted octanol–water partition coefficient (Wildman–Crippen LogP) is 5.49. The SMILES string of the molecule is CCOc1cc(Cl)cc(OCC)c1NC(=O)C(N=Nc1cc(Cl)c(OC)cc1OC)C(C)=O. The van der Waals surface area contributed by atoms with Gasteiger partial charge in [-0.15, -0.1) is 0 Å². The number of hydrogen-bond donors (Lipinski definition) is 1. The zero-order valence-corrected chi connectivity index (χ0v) is 20.4. The van der Waals surface area contributed by atoms with Gasteiger partial charge in [-0.1, -0.05) is 23.2 Å². The summed E-state index contributed by atoms with van der Waals surface area (Å²) in [6, 6.07) is 4.61. The fourth-order valence-corrected chi connectivity index (χ4v) is 3.21. The third-order valence-electron chi connectivity index (χ3n) is 4.25. The lowest BCUT2D eigenvalue weighted by molar-refractivity contribution is -0.126. The molecule has 178 valence electrons. The van der Waals surface area contributed by atoms with Gasteiger partial charge in [0, 0.05) is 23.2 Å². The van der Waals surface area contributed by atoms with Crippen molar-refractivity contribution in [2.24, 2.45) is 10.2 Å². The Bertz CT molecular complexity index is 1020. The molecule has 0 aliphatic rings. The van der Waals surface area contributed by atoms with Crippen LogP contribution in [-0.2, 0) is 9.59 Å². The maximum atomic E-state index is 13.0. The second-order valence-electron chi connectivity index (χ2n) is 6.52. The van der Waals surface area contributed by atoms with Crippen molar-refractivity contribution in [3.63, 3.8) is 0 Å². The molecular weight excluding hydrogens is 473 g/mol.